The summed E-state index contributed by atoms with van der Waals surface area (Å²) >= 11 is 0. The van der Waals surface area contributed by atoms with Gasteiger partial charge in [0.25, 0.3) is 0 Å². The average Bonchev–Trinajstić information content (AvgIpc) is 2.60. The zero-order chi connectivity index (χ0) is 19.3. The van der Waals surface area contributed by atoms with Gasteiger partial charge in [0.05, 0.1) is 11.4 Å². The van der Waals surface area contributed by atoms with Gasteiger partial charge in [-0.3, -0.25) is 4.79 Å². The first-order valence-electron chi connectivity index (χ1n) is 8.27. The van der Waals surface area contributed by atoms with E-state index >= 15 is 0 Å². The van der Waals surface area contributed by atoms with Gasteiger partial charge < -0.3 is 4.90 Å². The summed E-state index contributed by atoms with van der Waals surface area (Å²) in [6.07, 6.45) is 0. The van der Waals surface area contributed by atoms with E-state index in [1.807, 2.05) is 44.2 Å². The number of amides is 1. The summed E-state index contributed by atoms with van der Waals surface area (Å²) in [4.78, 5) is 14.3. The van der Waals surface area contributed by atoms with Gasteiger partial charge in [-0.2, -0.15) is 4.31 Å². The van der Waals surface area contributed by atoms with Crippen LogP contribution in [0.25, 0.3) is 0 Å². The van der Waals surface area contributed by atoms with E-state index in [2.05, 4.69) is 0 Å². The Morgan fingerprint density at radius 2 is 1.62 bits per heavy atom. The van der Waals surface area contributed by atoms with Gasteiger partial charge in [0, 0.05) is 19.6 Å². The van der Waals surface area contributed by atoms with Gasteiger partial charge >= 0.3 is 0 Å². The molecule has 0 radical (unpaired) electrons. The van der Waals surface area contributed by atoms with Gasteiger partial charge in [-0.1, -0.05) is 30.3 Å². The minimum atomic E-state index is -3.86. The third-order valence-corrected chi connectivity index (χ3v) is 5.84. The zero-order valence-corrected chi connectivity index (χ0v) is 15.9. The largest absolute Gasteiger partial charge is 0.335 e. The van der Waals surface area contributed by atoms with Gasteiger partial charge in [0.1, 0.15) is 5.82 Å². The molecule has 0 unspecified atom stereocenters. The van der Waals surface area contributed by atoms with Crippen LogP contribution in [0.2, 0.25) is 0 Å². The lowest BCUT2D eigenvalue weighted by molar-refractivity contribution is -0.133. The van der Waals surface area contributed by atoms with E-state index in [1.54, 1.807) is 4.90 Å². The second-order valence-electron chi connectivity index (χ2n) is 6.32. The minimum Gasteiger partial charge on any atom is -0.335 e. The molecule has 140 valence electrons. The highest BCUT2D eigenvalue weighted by Crippen LogP contribution is 2.16. The van der Waals surface area contributed by atoms with Crippen molar-refractivity contribution in [3.05, 3.63) is 66.0 Å². The fourth-order valence-electron chi connectivity index (χ4n) is 2.49. The quantitative estimate of drug-likeness (QED) is 0.744. The molecular weight excluding hydrogens is 355 g/mol. The second-order valence-corrected chi connectivity index (χ2v) is 8.36. The van der Waals surface area contributed by atoms with E-state index in [9.17, 15) is 17.6 Å². The van der Waals surface area contributed by atoms with Crippen LogP contribution in [0.15, 0.2) is 59.5 Å². The summed E-state index contributed by atoms with van der Waals surface area (Å²) in [6.45, 7) is 3.89. The van der Waals surface area contributed by atoms with Crippen molar-refractivity contribution in [3.63, 3.8) is 0 Å². The van der Waals surface area contributed by atoms with Crippen LogP contribution in [0.4, 0.5) is 4.39 Å². The Kier molecular flexibility index (Phi) is 6.50. The van der Waals surface area contributed by atoms with Gasteiger partial charge in [0.15, 0.2) is 0 Å². The average molecular weight is 378 g/mol. The first kappa shape index (κ1) is 20.1. The molecule has 0 saturated heterocycles. The lowest BCUT2D eigenvalue weighted by Gasteiger charge is -2.29. The number of likely N-dealkylation sites (N-methyl/N-ethyl adjacent to an activating group) is 1. The van der Waals surface area contributed by atoms with Crippen LogP contribution >= 0.6 is 0 Å². The third-order valence-electron chi connectivity index (χ3n) is 4.02. The van der Waals surface area contributed by atoms with E-state index in [0.717, 1.165) is 22.0 Å². The predicted molar refractivity (Wildman–Crippen MR) is 98.3 cm³/mol. The van der Waals surface area contributed by atoms with E-state index in [-0.39, 0.29) is 23.4 Å². The Hall–Kier alpha value is -2.25. The lowest BCUT2D eigenvalue weighted by atomic mass is 10.2. The normalized spacial score (nSPS) is 11.8. The standard InChI is InChI=1S/C19H23FN2O3S/c1-15(2)22(13-16-7-5-4-6-8-16)19(23)14-21(3)26(24,25)18-11-9-17(20)10-12-18/h4-12,15H,13-14H2,1-3H3. The molecule has 0 saturated carbocycles. The van der Waals surface area contributed by atoms with Crippen molar-refractivity contribution in [2.75, 3.05) is 13.6 Å². The molecule has 2 rings (SSSR count). The topological polar surface area (TPSA) is 57.7 Å². The van der Waals surface area contributed by atoms with Crippen LogP contribution in [0, 0.1) is 5.82 Å². The number of carbonyl (C=O) groups excluding carboxylic acids is 1. The fourth-order valence-corrected chi connectivity index (χ4v) is 3.61. The molecule has 1 amide bonds. The van der Waals surface area contributed by atoms with Gasteiger partial charge in [0.2, 0.25) is 15.9 Å². The van der Waals surface area contributed by atoms with Crippen molar-refractivity contribution in [1.29, 1.82) is 0 Å². The van der Waals surface area contributed by atoms with Gasteiger partial charge in [-0.15, -0.1) is 0 Å². The lowest BCUT2D eigenvalue weighted by Crippen LogP contribution is -2.43. The Bertz CT molecular complexity index is 837. The Morgan fingerprint density at radius 1 is 1.04 bits per heavy atom. The highest BCUT2D eigenvalue weighted by atomic mass is 32.2. The van der Waals surface area contributed by atoms with Gasteiger partial charge in [-0.05, 0) is 43.7 Å². The molecule has 5 nitrogen and oxygen atoms in total. The summed E-state index contributed by atoms with van der Waals surface area (Å²) in [5.41, 5.74) is 0.971. The number of carbonyl (C=O) groups is 1. The fraction of sp³-hybridized carbons (Fsp3) is 0.316. The van der Waals surface area contributed by atoms with Crippen molar-refractivity contribution in [2.45, 2.75) is 31.3 Å². The van der Waals surface area contributed by atoms with E-state index in [1.165, 1.54) is 19.2 Å². The van der Waals surface area contributed by atoms with Crippen molar-refractivity contribution < 1.29 is 17.6 Å². The summed E-state index contributed by atoms with van der Waals surface area (Å²) in [5, 5.41) is 0. The van der Waals surface area contributed by atoms with Crippen LogP contribution in [-0.2, 0) is 21.4 Å². The van der Waals surface area contributed by atoms with Crippen LogP contribution in [0.1, 0.15) is 19.4 Å². The highest BCUT2D eigenvalue weighted by Gasteiger charge is 2.26. The molecule has 0 heterocycles. The maximum Gasteiger partial charge on any atom is 0.243 e. The molecule has 26 heavy (non-hydrogen) atoms. The third kappa shape index (κ3) is 4.89. The van der Waals surface area contributed by atoms with Crippen molar-refractivity contribution in [2.24, 2.45) is 0 Å². The number of halogens is 1. The summed E-state index contributed by atoms with van der Waals surface area (Å²) < 4.78 is 39.1. The molecule has 0 aromatic heterocycles. The Morgan fingerprint density at radius 3 is 2.15 bits per heavy atom. The maximum atomic E-state index is 13.0. The molecule has 7 heteroatoms. The summed E-state index contributed by atoms with van der Waals surface area (Å²) in [6, 6.07) is 14.0. The summed E-state index contributed by atoms with van der Waals surface area (Å²) in [7, 11) is -2.52. The highest BCUT2D eigenvalue weighted by molar-refractivity contribution is 7.89. The van der Waals surface area contributed by atoms with Crippen LogP contribution in [0.3, 0.4) is 0 Å². The number of hydrogen-bond acceptors (Lipinski definition) is 3. The first-order chi connectivity index (χ1) is 12.2. The van der Waals surface area contributed by atoms with Gasteiger partial charge in [-0.25, -0.2) is 12.8 Å². The number of sulfonamides is 1. The smallest absolute Gasteiger partial charge is 0.243 e. The van der Waals surface area contributed by atoms with Crippen molar-refractivity contribution in [3.8, 4) is 0 Å². The number of hydrogen-bond donors (Lipinski definition) is 0. The van der Waals surface area contributed by atoms with E-state index in [4.69, 9.17) is 0 Å². The SMILES string of the molecule is CC(C)N(Cc1ccccc1)C(=O)CN(C)S(=O)(=O)c1ccc(F)cc1. The predicted octanol–water partition coefficient (Wildman–Crippen LogP) is 2.88. The van der Waals surface area contributed by atoms with Crippen LogP contribution in [-0.4, -0.2) is 43.2 Å². The van der Waals surface area contributed by atoms with E-state index in [0.29, 0.717) is 6.54 Å². The monoisotopic (exact) mass is 378 g/mol. The Balaban J connectivity index is 2.13. The summed E-state index contributed by atoms with van der Waals surface area (Å²) in [5.74, 6) is -0.812. The molecule has 0 aliphatic heterocycles. The molecule has 2 aromatic carbocycles. The molecule has 0 spiro atoms. The molecule has 0 aliphatic rings. The second kappa shape index (κ2) is 8.42. The van der Waals surface area contributed by atoms with Crippen LogP contribution in [0.5, 0.6) is 0 Å². The minimum absolute atomic E-state index is 0.0478. The molecule has 0 N–H and O–H groups in total. The molecular formula is C19H23FN2O3S. The van der Waals surface area contributed by atoms with Crippen molar-refractivity contribution >= 4 is 15.9 Å². The maximum absolute atomic E-state index is 13.0. The molecule has 2 aromatic rings. The van der Waals surface area contributed by atoms with Crippen LogP contribution < -0.4 is 0 Å². The molecule has 0 atom stereocenters. The first-order valence-corrected chi connectivity index (χ1v) is 9.71. The molecule has 0 bridgehead atoms. The Labute approximate surface area is 154 Å². The molecule has 0 aliphatic carbocycles. The number of benzene rings is 2. The molecule has 0 fully saturated rings. The number of nitrogens with zero attached hydrogens (tertiary/aromatic N) is 2. The van der Waals surface area contributed by atoms with E-state index < -0.39 is 15.8 Å². The zero-order valence-electron chi connectivity index (χ0n) is 15.1. The van der Waals surface area contributed by atoms with Crippen molar-refractivity contribution in [1.82, 2.24) is 9.21 Å². The number of rotatable bonds is 7.